The van der Waals surface area contributed by atoms with Gasteiger partial charge in [0.15, 0.2) is 0 Å². The third kappa shape index (κ3) is 2.60. The Morgan fingerprint density at radius 3 is 2.60 bits per heavy atom. The Balaban J connectivity index is 2.53. The number of hydrogen-bond donors (Lipinski definition) is 2. The first kappa shape index (κ1) is 13.6. The highest BCUT2D eigenvalue weighted by Crippen LogP contribution is 2.26. The van der Waals surface area contributed by atoms with E-state index in [-0.39, 0.29) is 23.6 Å². The van der Waals surface area contributed by atoms with Gasteiger partial charge in [0.2, 0.25) is 11.8 Å². The van der Waals surface area contributed by atoms with Crippen molar-refractivity contribution in [2.24, 2.45) is 0 Å². The fourth-order valence-electron chi connectivity index (χ4n) is 1.72. The van der Waals surface area contributed by atoms with Crippen molar-refractivity contribution in [3.05, 3.63) is 51.2 Å². The molecular weight excluding hydrogens is 272 g/mol. The molecule has 0 aliphatic carbocycles. The first-order chi connectivity index (χ1) is 9.38. The van der Waals surface area contributed by atoms with Gasteiger partial charge >= 0.3 is 5.69 Å². The van der Waals surface area contributed by atoms with E-state index >= 15 is 0 Å². The van der Waals surface area contributed by atoms with E-state index in [4.69, 9.17) is 11.5 Å². The Labute approximate surface area is 111 Å². The van der Waals surface area contributed by atoms with Gasteiger partial charge in [0.1, 0.15) is 17.3 Å². The molecule has 4 N–H and O–H groups in total. The molecule has 1 heterocycles. The van der Waals surface area contributed by atoms with Crippen molar-refractivity contribution >= 4 is 17.5 Å². The fraction of sp³-hybridized carbons (Fsp3) is 0.0909. The standard InChI is InChI=1S/C11H9F2N5O2/c12-6-1-2-7(13)5(3-6)4-8-9(18(19)20)10(14)17-11(15)16-8/h1-3H,4H2,(H4,14,15,16,17). The fourth-order valence-corrected chi connectivity index (χ4v) is 1.72. The van der Waals surface area contributed by atoms with Gasteiger partial charge in [0, 0.05) is 6.42 Å². The Bertz CT molecular complexity index is 693. The maximum Gasteiger partial charge on any atom is 0.332 e. The molecule has 9 heteroatoms. The third-order valence-electron chi connectivity index (χ3n) is 2.55. The summed E-state index contributed by atoms with van der Waals surface area (Å²) in [5, 5.41) is 10.9. The number of nitrogen functional groups attached to an aromatic ring is 2. The lowest BCUT2D eigenvalue weighted by atomic mass is 10.1. The van der Waals surface area contributed by atoms with Crippen LogP contribution in [0.15, 0.2) is 18.2 Å². The summed E-state index contributed by atoms with van der Waals surface area (Å²) in [6, 6.07) is 2.79. The molecule has 0 bridgehead atoms. The predicted octanol–water partition coefficient (Wildman–Crippen LogP) is 1.42. The minimum absolute atomic E-state index is 0.0920. The largest absolute Gasteiger partial charge is 0.378 e. The molecule has 7 nitrogen and oxygen atoms in total. The maximum absolute atomic E-state index is 13.5. The molecule has 0 saturated heterocycles. The second-order valence-corrected chi connectivity index (χ2v) is 3.93. The van der Waals surface area contributed by atoms with Crippen molar-refractivity contribution in [2.75, 3.05) is 11.5 Å². The van der Waals surface area contributed by atoms with Crippen LogP contribution in [0.1, 0.15) is 11.3 Å². The predicted molar refractivity (Wildman–Crippen MR) is 66.7 cm³/mol. The quantitative estimate of drug-likeness (QED) is 0.648. The lowest BCUT2D eigenvalue weighted by Crippen LogP contribution is -2.09. The molecule has 0 unspecified atom stereocenters. The van der Waals surface area contributed by atoms with Crippen LogP contribution in [0.2, 0.25) is 0 Å². The first-order valence-electron chi connectivity index (χ1n) is 5.38. The van der Waals surface area contributed by atoms with Gasteiger partial charge in [0.25, 0.3) is 0 Å². The number of hydrogen-bond acceptors (Lipinski definition) is 6. The van der Waals surface area contributed by atoms with E-state index in [0.717, 1.165) is 18.2 Å². The van der Waals surface area contributed by atoms with Crippen LogP contribution in [0.25, 0.3) is 0 Å². The zero-order valence-corrected chi connectivity index (χ0v) is 10.0. The Morgan fingerprint density at radius 2 is 1.95 bits per heavy atom. The van der Waals surface area contributed by atoms with Crippen LogP contribution >= 0.6 is 0 Å². The van der Waals surface area contributed by atoms with E-state index in [0.29, 0.717) is 0 Å². The van der Waals surface area contributed by atoms with Crippen LogP contribution in [-0.4, -0.2) is 14.9 Å². The average Bonchev–Trinajstić information content (AvgIpc) is 2.32. The smallest absolute Gasteiger partial charge is 0.332 e. The van der Waals surface area contributed by atoms with Crippen molar-refractivity contribution in [1.29, 1.82) is 0 Å². The first-order valence-corrected chi connectivity index (χ1v) is 5.38. The maximum atomic E-state index is 13.5. The Hall–Kier alpha value is -2.84. The summed E-state index contributed by atoms with van der Waals surface area (Å²) in [4.78, 5) is 17.3. The molecule has 2 rings (SSSR count). The summed E-state index contributed by atoms with van der Waals surface area (Å²) in [6.45, 7) is 0. The van der Waals surface area contributed by atoms with Gasteiger partial charge in [-0.2, -0.15) is 4.98 Å². The molecule has 0 saturated carbocycles. The van der Waals surface area contributed by atoms with E-state index in [1.54, 1.807) is 0 Å². The van der Waals surface area contributed by atoms with Gasteiger partial charge < -0.3 is 11.5 Å². The monoisotopic (exact) mass is 281 g/mol. The molecule has 0 radical (unpaired) electrons. The SMILES string of the molecule is Nc1nc(N)c([N+](=O)[O-])c(Cc2cc(F)ccc2F)n1. The normalized spacial score (nSPS) is 10.5. The van der Waals surface area contributed by atoms with Gasteiger partial charge in [-0.3, -0.25) is 10.1 Å². The lowest BCUT2D eigenvalue weighted by molar-refractivity contribution is -0.385. The van der Waals surface area contributed by atoms with E-state index < -0.39 is 28.1 Å². The van der Waals surface area contributed by atoms with Crippen LogP contribution in [-0.2, 0) is 6.42 Å². The minimum Gasteiger partial charge on any atom is -0.378 e. The number of nitro groups is 1. The average molecular weight is 281 g/mol. The van der Waals surface area contributed by atoms with Gasteiger partial charge in [0.05, 0.1) is 4.92 Å². The molecule has 0 aliphatic heterocycles. The highest BCUT2D eigenvalue weighted by molar-refractivity contribution is 5.58. The third-order valence-corrected chi connectivity index (χ3v) is 2.55. The number of benzene rings is 1. The number of anilines is 2. The number of nitrogens with two attached hydrogens (primary N) is 2. The van der Waals surface area contributed by atoms with Crippen molar-refractivity contribution in [2.45, 2.75) is 6.42 Å². The molecule has 0 spiro atoms. The number of rotatable bonds is 3. The highest BCUT2D eigenvalue weighted by atomic mass is 19.1. The zero-order chi connectivity index (χ0) is 14.9. The highest BCUT2D eigenvalue weighted by Gasteiger charge is 2.23. The minimum atomic E-state index is -0.790. The van der Waals surface area contributed by atoms with Crippen molar-refractivity contribution in [3.8, 4) is 0 Å². The molecule has 0 atom stereocenters. The van der Waals surface area contributed by atoms with Crippen molar-refractivity contribution in [3.63, 3.8) is 0 Å². The molecule has 1 aromatic carbocycles. The summed E-state index contributed by atoms with van der Waals surface area (Å²) >= 11 is 0. The summed E-state index contributed by atoms with van der Waals surface area (Å²) in [7, 11) is 0. The molecule has 0 fully saturated rings. The van der Waals surface area contributed by atoms with E-state index in [1.807, 2.05) is 0 Å². The molecule has 1 aromatic heterocycles. The summed E-state index contributed by atoms with van der Waals surface area (Å²) in [6.07, 6.45) is -0.323. The van der Waals surface area contributed by atoms with Crippen molar-refractivity contribution < 1.29 is 13.7 Å². The van der Waals surface area contributed by atoms with Gasteiger partial charge in [-0.15, -0.1) is 0 Å². The summed E-state index contributed by atoms with van der Waals surface area (Å²) < 4.78 is 26.6. The second kappa shape index (κ2) is 5.03. The molecule has 0 amide bonds. The zero-order valence-electron chi connectivity index (χ0n) is 10.0. The van der Waals surface area contributed by atoms with Crippen LogP contribution in [0, 0.1) is 21.7 Å². The number of aromatic nitrogens is 2. The van der Waals surface area contributed by atoms with E-state index in [9.17, 15) is 18.9 Å². The Kier molecular flexibility index (Phi) is 3.42. The summed E-state index contributed by atoms with van der Waals surface area (Å²) in [5.41, 5.74) is 9.93. The molecule has 104 valence electrons. The topological polar surface area (TPSA) is 121 Å². The van der Waals surface area contributed by atoms with Crippen LogP contribution in [0.3, 0.4) is 0 Å². The van der Waals surface area contributed by atoms with Gasteiger partial charge in [-0.05, 0) is 23.8 Å². The second-order valence-electron chi connectivity index (χ2n) is 3.93. The van der Waals surface area contributed by atoms with Gasteiger partial charge in [-0.25, -0.2) is 13.8 Å². The van der Waals surface area contributed by atoms with E-state index in [2.05, 4.69) is 9.97 Å². The van der Waals surface area contributed by atoms with Crippen LogP contribution in [0.4, 0.5) is 26.2 Å². The molecular formula is C11H9F2N5O2. The van der Waals surface area contributed by atoms with Crippen molar-refractivity contribution in [1.82, 2.24) is 9.97 Å². The van der Waals surface area contributed by atoms with Crippen LogP contribution < -0.4 is 11.5 Å². The molecule has 2 aromatic rings. The summed E-state index contributed by atoms with van der Waals surface area (Å²) in [5.74, 6) is -2.08. The number of halogens is 2. The van der Waals surface area contributed by atoms with Crippen LogP contribution in [0.5, 0.6) is 0 Å². The number of nitrogens with zero attached hydrogens (tertiary/aromatic N) is 3. The Morgan fingerprint density at radius 1 is 1.25 bits per heavy atom. The van der Waals surface area contributed by atoms with E-state index in [1.165, 1.54) is 0 Å². The lowest BCUT2D eigenvalue weighted by Gasteiger charge is -2.06. The van der Waals surface area contributed by atoms with Gasteiger partial charge in [-0.1, -0.05) is 0 Å². The molecule has 20 heavy (non-hydrogen) atoms. The molecule has 0 aliphatic rings.